The number of aliphatic hydroxyl groups is 2. The lowest BCUT2D eigenvalue weighted by Crippen LogP contribution is -2.49. The number of hydrogen-bond donors (Lipinski definition) is 2. The van der Waals surface area contributed by atoms with Gasteiger partial charge in [-0.3, -0.25) is 0 Å². The fourth-order valence-corrected chi connectivity index (χ4v) is 23.7. The third kappa shape index (κ3) is 6.52. The van der Waals surface area contributed by atoms with E-state index in [4.69, 9.17) is 0 Å². The summed E-state index contributed by atoms with van der Waals surface area (Å²) in [7, 11) is -4.88. The average Bonchev–Trinajstić information content (AvgIpc) is 3.03. The van der Waals surface area contributed by atoms with Crippen LogP contribution in [0.5, 0.6) is 0 Å². The summed E-state index contributed by atoms with van der Waals surface area (Å²) in [4.78, 5) is 0. The van der Waals surface area contributed by atoms with Crippen LogP contribution in [-0.2, 0) is 0 Å². The molecule has 0 spiro atoms. The Morgan fingerprint density at radius 1 is 0.417 bits per heavy atom. The monoisotopic (exact) mass is 676 g/mol. The molecular weight excluding hydrogens is 617 g/mol. The molecule has 4 aromatic rings. The summed E-state index contributed by atoms with van der Waals surface area (Å²) in [5.74, 6) is 0. The molecule has 0 saturated carbocycles. The molecule has 4 aromatic carbocycles. The van der Waals surface area contributed by atoms with E-state index in [9.17, 15) is 10.2 Å². The molecule has 2 N–H and O–H groups in total. The summed E-state index contributed by atoms with van der Waals surface area (Å²) >= 11 is 0. The molecular formula is C44H60O2Si2. The van der Waals surface area contributed by atoms with Gasteiger partial charge in [-0.25, -0.2) is 0 Å². The summed E-state index contributed by atoms with van der Waals surface area (Å²) in [5.41, 5.74) is 11.7. The predicted octanol–water partition coefficient (Wildman–Crippen LogP) is 12.8. The van der Waals surface area contributed by atoms with Crippen molar-refractivity contribution in [1.82, 2.24) is 0 Å². The van der Waals surface area contributed by atoms with Crippen LogP contribution in [0.3, 0.4) is 0 Å². The van der Waals surface area contributed by atoms with Gasteiger partial charge in [-0.2, -0.15) is 0 Å². The third-order valence-electron chi connectivity index (χ3n) is 11.8. The van der Waals surface area contributed by atoms with Crippen molar-refractivity contribution in [3.8, 4) is 0 Å². The third-order valence-corrected chi connectivity index (χ3v) is 25.9. The zero-order valence-corrected chi connectivity index (χ0v) is 33.6. The standard InChI is InChI=1S/C44H60O2Si2/c1-29(2)47(30(3)4,31(5)6)41(43(45)39-25-17-21-35-19-13-15-23-37(35)39)27-28-42(48(32(7)8,33(9)10)34(11)12)44(46)40-26-18-22-36-20-14-16-24-38(36)40/h13-26,29-34,43-46H,1-12H3. The van der Waals surface area contributed by atoms with Crippen LogP contribution in [0.2, 0.25) is 33.2 Å². The Bertz CT molecular complexity index is 1630. The van der Waals surface area contributed by atoms with Gasteiger partial charge in [0.1, 0.15) is 28.4 Å². The van der Waals surface area contributed by atoms with Gasteiger partial charge in [0.25, 0.3) is 0 Å². The highest BCUT2D eigenvalue weighted by atomic mass is 28.3. The van der Waals surface area contributed by atoms with E-state index in [1.807, 2.05) is 0 Å². The van der Waals surface area contributed by atoms with Crippen molar-refractivity contribution in [1.29, 1.82) is 0 Å². The first-order valence-electron chi connectivity index (χ1n) is 18.2. The van der Waals surface area contributed by atoms with Gasteiger partial charge in [-0.1, -0.05) is 179 Å². The molecule has 0 bridgehead atoms. The molecule has 48 heavy (non-hydrogen) atoms. The van der Waals surface area contributed by atoms with Crippen LogP contribution in [0, 0.1) is 0 Å². The van der Waals surface area contributed by atoms with Crippen LogP contribution in [0.25, 0.3) is 21.5 Å². The van der Waals surface area contributed by atoms with E-state index < -0.39 is 28.4 Å². The lowest BCUT2D eigenvalue weighted by Gasteiger charge is -2.46. The van der Waals surface area contributed by atoms with Gasteiger partial charge < -0.3 is 10.2 Å². The second kappa shape index (κ2) is 15.3. The van der Waals surface area contributed by atoms with Crippen molar-refractivity contribution >= 4 is 37.7 Å². The second-order valence-electron chi connectivity index (χ2n) is 15.8. The molecule has 0 heterocycles. The van der Waals surface area contributed by atoms with Gasteiger partial charge in [0.15, 0.2) is 0 Å². The van der Waals surface area contributed by atoms with Crippen LogP contribution in [0.15, 0.2) is 107 Å². The van der Waals surface area contributed by atoms with Crippen LogP contribution < -0.4 is 0 Å². The molecule has 0 radical (unpaired) electrons. The molecule has 0 aliphatic carbocycles. The van der Waals surface area contributed by atoms with Crippen molar-refractivity contribution in [3.63, 3.8) is 0 Å². The molecule has 0 saturated heterocycles. The smallest absolute Gasteiger partial charge is 0.105 e. The van der Waals surface area contributed by atoms with Crippen LogP contribution in [-0.4, -0.2) is 26.4 Å². The molecule has 4 heteroatoms. The van der Waals surface area contributed by atoms with E-state index in [0.29, 0.717) is 33.2 Å². The van der Waals surface area contributed by atoms with E-state index in [1.54, 1.807) is 0 Å². The summed E-state index contributed by atoms with van der Waals surface area (Å²) < 4.78 is 0. The van der Waals surface area contributed by atoms with Gasteiger partial charge in [-0.05, 0) is 65.9 Å². The zero-order chi connectivity index (χ0) is 35.6. The zero-order valence-electron chi connectivity index (χ0n) is 31.6. The Labute approximate surface area is 293 Å². The van der Waals surface area contributed by atoms with Crippen molar-refractivity contribution < 1.29 is 10.2 Å². The van der Waals surface area contributed by atoms with Gasteiger partial charge in [0, 0.05) is 10.4 Å². The summed E-state index contributed by atoms with van der Waals surface area (Å²) in [6.07, 6.45) is -1.65. The first-order chi connectivity index (χ1) is 22.6. The van der Waals surface area contributed by atoms with E-state index >= 15 is 0 Å². The van der Waals surface area contributed by atoms with Gasteiger partial charge >= 0.3 is 0 Å². The van der Waals surface area contributed by atoms with Crippen LogP contribution in [0.1, 0.15) is 106 Å². The SMILES string of the molecule is CC(C)[Si](C(=C=C=C(C(O)c1cccc2ccccc12)[Si](C(C)C)(C(C)C)C(C)C)C(O)c1cccc2ccccc12)(C(C)C)C(C)C. The highest BCUT2D eigenvalue weighted by molar-refractivity contribution is 6.90. The molecule has 2 unspecified atom stereocenters. The molecule has 0 aliphatic rings. The number of fused-ring (bicyclic) bond motifs is 2. The average molecular weight is 677 g/mol. The molecule has 4 rings (SSSR count). The minimum absolute atomic E-state index is 0.361. The molecule has 0 amide bonds. The van der Waals surface area contributed by atoms with E-state index in [2.05, 4.69) is 179 Å². The van der Waals surface area contributed by atoms with Gasteiger partial charge in [-0.15, -0.1) is 0 Å². The lowest BCUT2D eigenvalue weighted by atomic mass is 10.00. The van der Waals surface area contributed by atoms with Crippen LogP contribution in [0.4, 0.5) is 0 Å². The first-order valence-corrected chi connectivity index (χ1v) is 22.7. The normalized spacial score (nSPS) is 14.0. The Balaban J connectivity index is 2.27. The first kappa shape index (κ1) is 37.9. The van der Waals surface area contributed by atoms with E-state index in [1.165, 1.54) is 0 Å². The highest BCUT2D eigenvalue weighted by Crippen LogP contribution is 2.52. The number of rotatable bonds is 12. The molecule has 0 aromatic heterocycles. The molecule has 2 atom stereocenters. The van der Waals surface area contributed by atoms with Crippen molar-refractivity contribution in [2.45, 2.75) is 129 Å². The minimum atomic E-state index is -2.44. The fraction of sp³-hybridized carbons (Fsp3) is 0.455. The molecule has 0 fully saturated rings. The Morgan fingerprint density at radius 3 is 0.979 bits per heavy atom. The summed E-state index contributed by atoms with van der Waals surface area (Å²) in [6.45, 7) is 28.1. The maximum absolute atomic E-state index is 12.7. The fourth-order valence-electron chi connectivity index (χ4n) is 10.1. The van der Waals surface area contributed by atoms with E-state index in [-0.39, 0.29) is 0 Å². The number of hydrogen-bond acceptors (Lipinski definition) is 2. The molecule has 2 nitrogen and oxygen atoms in total. The quantitative estimate of drug-likeness (QED) is 0.116. The Morgan fingerprint density at radius 2 is 0.688 bits per heavy atom. The van der Waals surface area contributed by atoms with Crippen molar-refractivity contribution in [2.24, 2.45) is 0 Å². The second-order valence-corrected chi connectivity index (χ2v) is 27.6. The lowest BCUT2D eigenvalue weighted by molar-refractivity contribution is 0.221. The van der Waals surface area contributed by atoms with Crippen molar-refractivity contribution in [2.75, 3.05) is 0 Å². The molecule has 256 valence electrons. The van der Waals surface area contributed by atoms with Crippen molar-refractivity contribution in [3.05, 3.63) is 118 Å². The maximum Gasteiger partial charge on any atom is 0.105 e. The predicted molar refractivity (Wildman–Crippen MR) is 214 cm³/mol. The molecule has 0 aliphatic heterocycles. The minimum Gasteiger partial charge on any atom is -0.384 e. The van der Waals surface area contributed by atoms with Crippen LogP contribution >= 0.6 is 0 Å². The number of benzene rings is 4. The Kier molecular flexibility index (Phi) is 12.1. The summed E-state index contributed by atoms with van der Waals surface area (Å²) in [6, 6.07) is 29.2. The van der Waals surface area contributed by atoms with E-state index in [0.717, 1.165) is 43.1 Å². The topological polar surface area (TPSA) is 40.5 Å². The highest BCUT2D eigenvalue weighted by Gasteiger charge is 2.50. The maximum atomic E-state index is 12.7. The van der Waals surface area contributed by atoms with Gasteiger partial charge in [0.05, 0.1) is 0 Å². The van der Waals surface area contributed by atoms with Gasteiger partial charge in [0.2, 0.25) is 0 Å². The number of aliphatic hydroxyl groups excluding tert-OH is 2. The summed E-state index contributed by atoms with van der Waals surface area (Å²) in [5, 5.41) is 31.9. The largest absolute Gasteiger partial charge is 0.384 e. The Hall–Kier alpha value is -2.95.